The van der Waals surface area contributed by atoms with Gasteiger partial charge in [-0.05, 0) is 66.8 Å². The van der Waals surface area contributed by atoms with Gasteiger partial charge in [-0.1, -0.05) is 11.6 Å². The predicted molar refractivity (Wildman–Crippen MR) is 101 cm³/mol. The normalized spacial score (nSPS) is 13.0. The first-order valence-electron chi connectivity index (χ1n) is 7.34. The molecule has 0 saturated carbocycles. The van der Waals surface area contributed by atoms with Crippen LogP contribution in [0.5, 0.6) is 0 Å². The van der Waals surface area contributed by atoms with Crippen LogP contribution in [0.3, 0.4) is 0 Å². The Labute approximate surface area is 163 Å². The summed E-state index contributed by atoms with van der Waals surface area (Å²) in [6.45, 7) is 2.50. The second kappa shape index (κ2) is 8.13. The fourth-order valence-corrected chi connectivity index (χ4v) is 2.59. The number of rotatable bonds is 6. The second-order valence-corrected chi connectivity index (χ2v) is 7.53. The van der Waals surface area contributed by atoms with Gasteiger partial charge in [0.15, 0.2) is 0 Å². The van der Waals surface area contributed by atoms with Crippen molar-refractivity contribution < 1.29 is 23.8 Å². The molecule has 0 aromatic heterocycles. The molecule has 8 heteroatoms. The van der Waals surface area contributed by atoms with Crippen LogP contribution in [0.4, 0.5) is 20.2 Å². The summed E-state index contributed by atoms with van der Waals surface area (Å²) in [5.74, 6) is -1.28. The molecule has 25 heavy (non-hydrogen) atoms. The molecule has 0 saturated heterocycles. The predicted octanol–water partition coefficient (Wildman–Crippen LogP) is 4.42. The highest BCUT2D eigenvalue weighted by molar-refractivity contribution is 14.1. The van der Waals surface area contributed by atoms with Gasteiger partial charge in [-0.3, -0.25) is 4.84 Å². The van der Waals surface area contributed by atoms with Gasteiger partial charge in [-0.2, -0.15) is 0 Å². The van der Waals surface area contributed by atoms with Crippen molar-refractivity contribution >= 4 is 45.6 Å². The SMILES string of the molecule is CC(C)(ON(c1ccc(Cl)c(F)c1)c1ccc(I)cc1F)C(O)CO. The molecule has 2 N–H and O–H groups in total. The number of hydrogen-bond donors (Lipinski definition) is 2. The van der Waals surface area contributed by atoms with Crippen LogP contribution < -0.4 is 5.06 Å². The molecular weight excluding hydrogens is 467 g/mol. The molecule has 0 fully saturated rings. The van der Waals surface area contributed by atoms with E-state index in [0.717, 1.165) is 11.1 Å². The molecular formula is C17H17ClF2INO3. The lowest BCUT2D eigenvalue weighted by molar-refractivity contribution is -0.116. The first-order valence-corrected chi connectivity index (χ1v) is 8.79. The van der Waals surface area contributed by atoms with Gasteiger partial charge in [0.2, 0.25) is 0 Å². The molecule has 4 nitrogen and oxygen atoms in total. The summed E-state index contributed by atoms with van der Waals surface area (Å²) in [7, 11) is 0. The topological polar surface area (TPSA) is 52.9 Å². The first-order chi connectivity index (χ1) is 11.7. The zero-order valence-corrected chi connectivity index (χ0v) is 16.4. The van der Waals surface area contributed by atoms with Gasteiger partial charge in [0.25, 0.3) is 0 Å². The van der Waals surface area contributed by atoms with Gasteiger partial charge in [-0.15, -0.1) is 0 Å². The third kappa shape index (κ3) is 4.79. The number of nitrogens with zero attached hydrogens (tertiary/aromatic N) is 1. The van der Waals surface area contributed by atoms with E-state index >= 15 is 0 Å². The lowest BCUT2D eigenvalue weighted by atomic mass is 10.0. The highest BCUT2D eigenvalue weighted by atomic mass is 127. The number of aliphatic hydroxyl groups excluding tert-OH is 2. The third-order valence-corrected chi connectivity index (χ3v) is 4.55. The Bertz CT molecular complexity index is 761. The smallest absolute Gasteiger partial charge is 0.150 e. The minimum absolute atomic E-state index is 0.0281. The number of anilines is 2. The summed E-state index contributed by atoms with van der Waals surface area (Å²) in [5.41, 5.74) is -1.07. The summed E-state index contributed by atoms with van der Waals surface area (Å²) in [6, 6.07) is 8.32. The van der Waals surface area contributed by atoms with Crippen molar-refractivity contribution in [3.63, 3.8) is 0 Å². The van der Waals surface area contributed by atoms with Crippen LogP contribution in [0.1, 0.15) is 13.8 Å². The van der Waals surface area contributed by atoms with Crippen LogP contribution in [0.15, 0.2) is 36.4 Å². The molecule has 1 unspecified atom stereocenters. The average Bonchev–Trinajstić information content (AvgIpc) is 2.55. The largest absolute Gasteiger partial charge is 0.394 e. The van der Waals surface area contributed by atoms with Crippen LogP contribution >= 0.6 is 34.2 Å². The van der Waals surface area contributed by atoms with E-state index in [-0.39, 0.29) is 16.4 Å². The van der Waals surface area contributed by atoms with E-state index in [4.69, 9.17) is 16.4 Å². The van der Waals surface area contributed by atoms with Gasteiger partial charge in [-0.25, -0.2) is 13.8 Å². The van der Waals surface area contributed by atoms with Crippen molar-refractivity contribution in [1.82, 2.24) is 0 Å². The Kier molecular flexibility index (Phi) is 6.61. The monoisotopic (exact) mass is 483 g/mol. The van der Waals surface area contributed by atoms with Crippen molar-refractivity contribution in [3.8, 4) is 0 Å². The Morgan fingerprint density at radius 3 is 2.44 bits per heavy atom. The maximum Gasteiger partial charge on any atom is 0.150 e. The molecule has 0 amide bonds. The Morgan fingerprint density at radius 1 is 1.20 bits per heavy atom. The summed E-state index contributed by atoms with van der Waals surface area (Å²) >= 11 is 7.67. The fraction of sp³-hybridized carbons (Fsp3) is 0.294. The summed E-state index contributed by atoms with van der Waals surface area (Å²) in [6.07, 6.45) is -1.24. The maximum absolute atomic E-state index is 14.5. The summed E-state index contributed by atoms with van der Waals surface area (Å²) < 4.78 is 29.0. The average molecular weight is 484 g/mol. The van der Waals surface area contributed by atoms with E-state index in [2.05, 4.69) is 0 Å². The minimum atomic E-state index is -1.28. The molecule has 2 aromatic carbocycles. The first kappa shape index (κ1) is 20.3. The molecule has 0 spiro atoms. The molecule has 2 aromatic rings. The molecule has 1 atom stereocenters. The minimum Gasteiger partial charge on any atom is -0.394 e. The van der Waals surface area contributed by atoms with E-state index in [1.807, 2.05) is 22.6 Å². The van der Waals surface area contributed by atoms with Gasteiger partial charge >= 0.3 is 0 Å². The third-order valence-electron chi connectivity index (χ3n) is 3.57. The highest BCUT2D eigenvalue weighted by Crippen LogP contribution is 2.34. The molecule has 0 aliphatic carbocycles. The lowest BCUT2D eigenvalue weighted by Gasteiger charge is -2.36. The van der Waals surface area contributed by atoms with Crippen LogP contribution in [0.2, 0.25) is 5.02 Å². The molecule has 0 aliphatic rings. The van der Waals surface area contributed by atoms with E-state index in [1.54, 1.807) is 6.07 Å². The quantitative estimate of drug-likeness (QED) is 0.472. The van der Waals surface area contributed by atoms with Gasteiger partial charge in [0, 0.05) is 9.64 Å². The zero-order valence-electron chi connectivity index (χ0n) is 13.5. The number of benzene rings is 2. The Balaban J connectivity index is 2.53. The van der Waals surface area contributed by atoms with Crippen molar-refractivity contribution in [2.45, 2.75) is 25.6 Å². The molecule has 0 heterocycles. The van der Waals surface area contributed by atoms with Crippen molar-refractivity contribution in [1.29, 1.82) is 0 Å². The Hall–Kier alpha value is -1.00. The summed E-state index contributed by atoms with van der Waals surface area (Å²) in [5, 5.41) is 20.1. The van der Waals surface area contributed by atoms with E-state index in [0.29, 0.717) is 3.57 Å². The van der Waals surface area contributed by atoms with Crippen molar-refractivity contribution in [2.75, 3.05) is 11.7 Å². The molecule has 0 radical (unpaired) electrons. The van der Waals surface area contributed by atoms with E-state index in [1.165, 1.54) is 38.1 Å². The number of aliphatic hydroxyl groups is 2. The van der Waals surface area contributed by atoms with E-state index < -0.39 is 29.9 Å². The fourth-order valence-electron chi connectivity index (χ4n) is 2.01. The van der Waals surface area contributed by atoms with E-state index in [9.17, 15) is 19.0 Å². The van der Waals surface area contributed by atoms with Gasteiger partial charge in [0.05, 0.1) is 17.3 Å². The number of halogens is 4. The van der Waals surface area contributed by atoms with Gasteiger partial charge < -0.3 is 10.2 Å². The van der Waals surface area contributed by atoms with Crippen molar-refractivity contribution in [2.24, 2.45) is 0 Å². The summed E-state index contributed by atoms with van der Waals surface area (Å²) in [4.78, 5) is 5.75. The second-order valence-electron chi connectivity index (χ2n) is 5.88. The standard InChI is InChI=1S/C17H17ClF2INO3/c1-17(2,16(24)9-23)25-22(11-4-5-12(18)13(19)8-11)15-6-3-10(21)7-14(15)20/h3-8,16,23-24H,9H2,1-2H3. The Morgan fingerprint density at radius 2 is 1.88 bits per heavy atom. The molecule has 0 bridgehead atoms. The molecule has 2 rings (SSSR count). The van der Waals surface area contributed by atoms with Crippen LogP contribution in [-0.2, 0) is 4.84 Å². The van der Waals surface area contributed by atoms with Gasteiger partial charge in [0.1, 0.15) is 29.0 Å². The number of hydrogen-bond acceptors (Lipinski definition) is 4. The lowest BCUT2D eigenvalue weighted by Crippen LogP contribution is -2.45. The highest BCUT2D eigenvalue weighted by Gasteiger charge is 2.33. The molecule has 136 valence electrons. The molecule has 0 aliphatic heterocycles. The van der Waals surface area contributed by atoms with Crippen LogP contribution in [0.25, 0.3) is 0 Å². The zero-order chi connectivity index (χ0) is 18.8. The van der Waals surface area contributed by atoms with Crippen LogP contribution in [-0.4, -0.2) is 28.5 Å². The van der Waals surface area contributed by atoms with Crippen molar-refractivity contribution in [3.05, 3.63) is 56.6 Å². The maximum atomic E-state index is 14.5. The van der Waals surface area contributed by atoms with Crippen LogP contribution in [0, 0.1) is 15.2 Å².